The lowest BCUT2D eigenvalue weighted by Crippen LogP contribution is -2.37. The van der Waals surface area contributed by atoms with E-state index in [0.29, 0.717) is 41.9 Å². The first-order chi connectivity index (χ1) is 15.9. The lowest BCUT2D eigenvalue weighted by molar-refractivity contribution is -0.121. The number of rotatable bonds is 6. The predicted molar refractivity (Wildman–Crippen MR) is 124 cm³/mol. The lowest BCUT2D eigenvalue weighted by Gasteiger charge is -2.29. The van der Waals surface area contributed by atoms with Crippen molar-refractivity contribution in [1.82, 2.24) is 14.2 Å². The Labute approximate surface area is 193 Å². The normalized spacial score (nSPS) is 16.9. The highest BCUT2D eigenvalue weighted by Crippen LogP contribution is 2.32. The first kappa shape index (κ1) is 21.8. The summed E-state index contributed by atoms with van der Waals surface area (Å²) in [5, 5.41) is 3.71. The molecule has 1 N–H and O–H groups in total. The second-order valence-corrected chi connectivity index (χ2v) is 10.7. The van der Waals surface area contributed by atoms with Crippen LogP contribution in [0, 0.1) is 5.92 Å². The molecule has 1 saturated heterocycles. The van der Waals surface area contributed by atoms with Crippen LogP contribution < -0.4 is 14.8 Å². The number of amides is 1. The van der Waals surface area contributed by atoms with Crippen LogP contribution in [-0.4, -0.2) is 43.1 Å². The molecule has 1 amide bonds. The van der Waals surface area contributed by atoms with Crippen LogP contribution in [0.15, 0.2) is 53.6 Å². The SMILES string of the molecule is CC1CCN(S(=O)(=O)c2ccc3c(ccn3CC(=O)NCc3ccc4c(c3)OCO4)c2)CC1. The summed E-state index contributed by atoms with van der Waals surface area (Å²) in [6, 6.07) is 12.5. The maximum Gasteiger partial charge on any atom is 0.243 e. The molecule has 0 atom stereocenters. The van der Waals surface area contributed by atoms with Gasteiger partial charge in [-0.05, 0) is 60.7 Å². The molecule has 0 spiro atoms. The largest absolute Gasteiger partial charge is 0.454 e. The number of ether oxygens (including phenoxy) is 2. The van der Waals surface area contributed by atoms with Gasteiger partial charge in [0.15, 0.2) is 11.5 Å². The van der Waals surface area contributed by atoms with Gasteiger partial charge in [-0.2, -0.15) is 4.31 Å². The van der Waals surface area contributed by atoms with Gasteiger partial charge in [0.1, 0.15) is 6.54 Å². The second-order valence-electron chi connectivity index (χ2n) is 8.72. The summed E-state index contributed by atoms with van der Waals surface area (Å²) in [6.07, 6.45) is 3.59. The molecule has 2 aromatic carbocycles. The molecule has 1 fully saturated rings. The molecule has 8 nitrogen and oxygen atoms in total. The minimum Gasteiger partial charge on any atom is -0.454 e. The Kier molecular flexibility index (Phi) is 5.76. The van der Waals surface area contributed by atoms with E-state index in [1.54, 1.807) is 22.5 Å². The van der Waals surface area contributed by atoms with Crippen LogP contribution in [0.2, 0.25) is 0 Å². The number of piperidine rings is 1. The van der Waals surface area contributed by atoms with Crippen molar-refractivity contribution in [2.75, 3.05) is 19.9 Å². The van der Waals surface area contributed by atoms with Crippen molar-refractivity contribution in [3.8, 4) is 11.5 Å². The number of benzene rings is 2. The van der Waals surface area contributed by atoms with Gasteiger partial charge in [-0.15, -0.1) is 0 Å². The number of hydrogen-bond donors (Lipinski definition) is 1. The zero-order valence-electron chi connectivity index (χ0n) is 18.5. The van der Waals surface area contributed by atoms with Gasteiger partial charge in [0.2, 0.25) is 22.7 Å². The van der Waals surface area contributed by atoms with Crippen LogP contribution in [0.1, 0.15) is 25.3 Å². The van der Waals surface area contributed by atoms with Crippen molar-refractivity contribution in [3.63, 3.8) is 0 Å². The van der Waals surface area contributed by atoms with Crippen molar-refractivity contribution in [2.24, 2.45) is 5.92 Å². The van der Waals surface area contributed by atoms with Crippen LogP contribution in [-0.2, 0) is 27.9 Å². The molecule has 33 heavy (non-hydrogen) atoms. The van der Waals surface area contributed by atoms with E-state index in [2.05, 4.69) is 12.2 Å². The topological polar surface area (TPSA) is 89.9 Å². The zero-order valence-corrected chi connectivity index (χ0v) is 19.3. The van der Waals surface area contributed by atoms with E-state index < -0.39 is 10.0 Å². The highest BCUT2D eigenvalue weighted by atomic mass is 32.2. The average molecular weight is 470 g/mol. The lowest BCUT2D eigenvalue weighted by atomic mass is 10.0. The molecule has 9 heteroatoms. The Morgan fingerprint density at radius 2 is 1.85 bits per heavy atom. The highest BCUT2D eigenvalue weighted by molar-refractivity contribution is 7.89. The van der Waals surface area contributed by atoms with Crippen LogP contribution in [0.5, 0.6) is 11.5 Å². The van der Waals surface area contributed by atoms with Crippen LogP contribution in [0.25, 0.3) is 10.9 Å². The fourth-order valence-electron chi connectivity index (χ4n) is 4.31. The van der Waals surface area contributed by atoms with E-state index in [4.69, 9.17) is 9.47 Å². The zero-order chi connectivity index (χ0) is 23.0. The van der Waals surface area contributed by atoms with E-state index in [-0.39, 0.29) is 19.2 Å². The van der Waals surface area contributed by atoms with Gasteiger partial charge in [-0.25, -0.2) is 8.42 Å². The van der Waals surface area contributed by atoms with Crippen molar-refractivity contribution in [1.29, 1.82) is 0 Å². The average Bonchev–Trinajstić information content (AvgIpc) is 3.44. The van der Waals surface area contributed by atoms with Crippen LogP contribution in [0.4, 0.5) is 0 Å². The number of fused-ring (bicyclic) bond motifs is 2. The first-order valence-electron chi connectivity index (χ1n) is 11.1. The molecule has 1 aromatic heterocycles. The Morgan fingerprint density at radius 1 is 1.06 bits per heavy atom. The van der Waals surface area contributed by atoms with Crippen molar-refractivity contribution < 1.29 is 22.7 Å². The van der Waals surface area contributed by atoms with E-state index in [1.165, 1.54) is 0 Å². The quantitative estimate of drug-likeness (QED) is 0.599. The number of aromatic nitrogens is 1. The fraction of sp³-hybridized carbons (Fsp3) is 0.375. The third kappa shape index (κ3) is 4.43. The van der Waals surface area contributed by atoms with Gasteiger partial charge in [0.05, 0.1) is 4.90 Å². The Morgan fingerprint density at radius 3 is 2.67 bits per heavy atom. The van der Waals surface area contributed by atoms with Gasteiger partial charge in [0.25, 0.3) is 0 Å². The molecule has 174 valence electrons. The first-order valence-corrected chi connectivity index (χ1v) is 12.6. The van der Waals surface area contributed by atoms with Gasteiger partial charge in [0, 0.05) is 36.7 Å². The van der Waals surface area contributed by atoms with E-state index in [1.807, 2.05) is 35.0 Å². The number of sulfonamides is 1. The summed E-state index contributed by atoms with van der Waals surface area (Å²) < 4.78 is 40.2. The maximum atomic E-state index is 13.1. The van der Waals surface area contributed by atoms with Crippen molar-refractivity contribution in [3.05, 3.63) is 54.2 Å². The molecule has 3 aromatic rings. The summed E-state index contributed by atoms with van der Waals surface area (Å²) in [5.74, 6) is 1.82. The predicted octanol–water partition coefficient (Wildman–Crippen LogP) is 3.11. The summed E-state index contributed by atoms with van der Waals surface area (Å²) in [6.45, 7) is 4.02. The van der Waals surface area contributed by atoms with E-state index in [9.17, 15) is 13.2 Å². The smallest absolute Gasteiger partial charge is 0.243 e. The van der Waals surface area contributed by atoms with Gasteiger partial charge >= 0.3 is 0 Å². The highest BCUT2D eigenvalue weighted by Gasteiger charge is 2.28. The molecule has 0 saturated carbocycles. The third-order valence-electron chi connectivity index (χ3n) is 6.36. The molecule has 0 aliphatic carbocycles. The molecule has 2 aliphatic heterocycles. The molecule has 0 bridgehead atoms. The number of nitrogens with one attached hydrogen (secondary N) is 1. The van der Waals surface area contributed by atoms with Gasteiger partial charge in [-0.1, -0.05) is 13.0 Å². The van der Waals surface area contributed by atoms with Crippen LogP contribution in [0.3, 0.4) is 0 Å². The molecule has 0 radical (unpaired) electrons. The Balaban J connectivity index is 1.25. The maximum absolute atomic E-state index is 13.1. The van der Waals surface area contributed by atoms with Gasteiger partial charge < -0.3 is 19.4 Å². The standard InChI is InChI=1S/C24H27N3O5S/c1-17-6-10-27(11-7-17)33(29,30)20-3-4-21-19(13-20)8-9-26(21)15-24(28)25-14-18-2-5-22-23(12-18)32-16-31-22/h2-5,8-9,12-13,17H,6-7,10-11,14-16H2,1H3,(H,25,28). The third-order valence-corrected chi connectivity index (χ3v) is 8.26. The monoisotopic (exact) mass is 469 g/mol. The fourth-order valence-corrected chi connectivity index (χ4v) is 5.82. The number of hydrogen-bond acceptors (Lipinski definition) is 5. The molecule has 2 aliphatic rings. The van der Waals surface area contributed by atoms with E-state index >= 15 is 0 Å². The summed E-state index contributed by atoms with van der Waals surface area (Å²) in [7, 11) is -3.51. The molecule has 5 rings (SSSR count). The number of nitrogens with zero attached hydrogens (tertiary/aromatic N) is 2. The minimum absolute atomic E-state index is 0.135. The van der Waals surface area contributed by atoms with Crippen molar-refractivity contribution in [2.45, 2.75) is 37.8 Å². The number of carbonyl (C=O) groups excluding carboxylic acids is 1. The van der Waals surface area contributed by atoms with E-state index in [0.717, 1.165) is 29.3 Å². The molecular formula is C24H27N3O5S. The minimum atomic E-state index is -3.51. The Hall–Kier alpha value is -3.04. The van der Waals surface area contributed by atoms with Gasteiger partial charge in [-0.3, -0.25) is 4.79 Å². The summed E-state index contributed by atoms with van der Waals surface area (Å²) >= 11 is 0. The van der Waals surface area contributed by atoms with Crippen LogP contribution >= 0.6 is 0 Å². The second kappa shape index (κ2) is 8.72. The molecule has 3 heterocycles. The molecule has 0 unspecified atom stereocenters. The Bertz CT molecular complexity index is 1290. The molecular weight excluding hydrogens is 442 g/mol. The van der Waals surface area contributed by atoms with Crippen molar-refractivity contribution >= 4 is 26.8 Å². The summed E-state index contributed by atoms with van der Waals surface area (Å²) in [5.41, 5.74) is 1.74. The number of carbonyl (C=O) groups is 1. The summed E-state index contributed by atoms with van der Waals surface area (Å²) in [4.78, 5) is 12.8.